The smallest absolute Gasteiger partial charge is 0.148 e. The van der Waals surface area contributed by atoms with Gasteiger partial charge in [0.1, 0.15) is 11.9 Å². The molecule has 0 saturated heterocycles. The van der Waals surface area contributed by atoms with E-state index in [1.807, 2.05) is 12.1 Å². The summed E-state index contributed by atoms with van der Waals surface area (Å²) in [6.45, 7) is 0. The Morgan fingerprint density at radius 3 is 2.88 bits per heavy atom. The fourth-order valence-corrected chi connectivity index (χ4v) is 2.32. The van der Waals surface area contributed by atoms with Gasteiger partial charge in [0.15, 0.2) is 0 Å². The van der Waals surface area contributed by atoms with Crippen molar-refractivity contribution in [2.45, 2.75) is 0 Å². The van der Waals surface area contributed by atoms with Gasteiger partial charge in [-0.15, -0.1) is 0 Å². The first-order valence-corrected chi connectivity index (χ1v) is 6.23. The first-order chi connectivity index (χ1) is 8.20. The molecule has 0 fully saturated rings. The van der Waals surface area contributed by atoms with Crippen LogP contribution in [0.3, 0.4) is 0 Å². The molecule has 2 rings (SSSR count). The number of anilines is 2. The lowest BCUT2D eigenvalue weighted by molar-refractivity contribution is 1.28. The summed E-state index contributed by atoms with van der Waals surface area (Å²) in [6, 6.07) is 11.0. The lowest BCUT2D eigenvalue weighted by Crippen LogP contribution is -1.98. The molecule has 2 aromatic rings. The minimum Gasteiger partial charge on any atom is -0.338 e. The third-order valence-corrected chi connectivity index (χ3v) is 3.24. The van der Waals surface area contributed by atoms with Crippen LogP contribution in [0.1, 0.15) is 5.56 Å². The van der Waals surface area contributed by atoms with Gasteiger partial charge in [-0.1, -0.05) is 11.6 Å². The zero-order valence-corrected chi connectivity index (χ0v) is 11.5. The van der Waals surface area contributed by atoms with E-state index in [1.165, 1.54) is 0 Å². The van der Waals surface area contributed by atoms with Crippen molar-refractivity contribution in [1.29, 1.82) is 5.26 Å². The van der Waals surface area contributed by atoms with E-state index in [4.69, 9.17) is 16.9 Å². The highest BCUT2D eigenvalue weighted by Gasteiger charge is 2.05. The van der Waals surface area contributed by atoms with Crippen molar-refractivity contribution in [2.75, 3.05) is 5.32 Å². The quantitative estimate of drug-likeness (QED) is 0.830. The van der Waals surface area contributed by atoms with Gasteiger partial charge in [0.25, 0.3) is 0 Å². The van der Waals surface area contributed by atoms with Crippen LogP contribution in [0.5, 0.6) is 0 Å². The normalized spacial score (nSPS) is 9.71. The molecule has 84 valence electrons. The molecule has 0 aliphatic rings. The second-order valence-corrected chi connectivity index (χ2v) is 4.86. The first-order valence-electron chi connectivity index (χ1n) is 4.78. The van der Waals surface area contributed by atoms with Gasteiger partial charge in [-0.05, 0) is 52.9 Å². The van der Waals surface area contributed by atoms with Crippen molar-refractivity contribution < 1.29 is 0 Å². The van der Waals surface area contributed by atoms with Gasteiger partial charge in [0.05, 0.1) is 11.3 Å². The largest absolute Gasteiger partial charge is 0.338 e. The molecule has 1 aromatic heterocycles. The van der Waals surface area contributed by atoms with Crippen LogP contribution in [0.15, 0.2) is 36.5 Å². The SMILES string of the molecule is N#Cc1cccnc1Nc1ccc(Cl)cc1I. The Morgan fingerprint density at radius 2 is 2.18 bits per heavy atom. The molecule has 0 amide bonds. The highest BCUT2D eigenvalue weighted by atomic mass is 127. The van der Waals surface area contributed by atoms with E-state index in [0.717, 1.165) is 9.26 Å². The molecule has 5 heteroatoms. The van der Waals surface area contributed by atoms with E-state index < -0.39 is 0 Å². The van der Waals surface area contributed by atoms with Crippen molar-refractivity contribution in [2.24, 2.45) is 0 Å². The van der Waals surface area contributed by atoms with Gasteiger partial charge in [0.2, 0.25) is 0 Å². The van der Waals surface area contributed by atoms with Crippen molar-refractivity contribution in [1.82, 2.24) is 4.98 Å². The maximum atomic E-state index is 8.96. The minimum absolute atomic E-state index is 0.512. The lowest BCUT2D eigenvalue weighted by Gasteiger charge is -2.08. The second-order valence-electron chi connectivity index (χ2n) is 3.26. The summed E-state index contributed by atoms with van der Waals surface area (Å²) in [6.07, 6.45) is 1.64. The molecule has 0 spiro atoms. The van der Waals surface area contributed by atoms with Crippen molar-refractivity contribution in [3.05, 3.63) is 50.7 Å². The maximum Gasteiger partial charge on any atom is 0.148 e. The third-order valence-electron chi connectivity index (χ3n) is 2.11. The monoisotopic (exact) mass is 355 g/mol. The number of nitrogens with zero attached hydrogens (tertiary/aromatic N) is 2. The molecule has 1 aromatic carbocycles. The summed E-state index contributed by atoms with van der Waals surface area (Å²) >= 11 is 8.06. The minimum atomic E-state index is 0.512. The Balaban J connectivity index is 2.35. The van der Waals surface area contributed by atoms with E-state index in [0.29, 0.717) is 16.4 Å². The van der Waals surface area contributed by atoms with Crippen LogP contribution in [0.4, 0.5) is 11.5 Å². The van der Waals surface area contributed by atoms with Gasteiger partial charge < -0.3 is 5.32 Å². The predicted octanol–water partition coefficient (Wildman–Crippen LogP) is 3.95. The van der Waals surface area contributed by atoms with Gasteiger partial charge in [-0.2, -0.15) is 5.26 Å². The average Bonchev–Trinajstić information content (AvgIpc) is 2.33. The Bertz CT molecular complexity index is 593. The van der Waals surface area contributed by atoms with Crippen LogP contribution in [0.2, 0.25) is 5.02 Å². The molecule has 0 bridgehead atoms. The Labute approximate surface area is 118 Å². The third kappa shape index (κ3) is 2.87. The van der Waals surface area contributed by atoms with E-state index in [2.05, 4.69) is 39.0 Å². The number of aromatic nitrogens is 1. The van der Waals surface area contributed by atoms with Crippen LogP contribution >= 0.6 is 34.2 Å². The van der Waals surface area contributed by atoms with Gasteiger partial charge in [-0.25, -0.2) is 4.98 Å². The van der Waals surface area contributed by atoms with Gasteiger partial charge in [0, 0.05) is 14.8 Å². The molecule has 0 unspecified atom stereocenters. The molecule has 3 nitrogen and oxygen atoms in total. The van der Waals surface area contributed by atoms with Crippen molar-refractivity contribution in [3.63, 3.8) is 0 Å². The maximum absolute atomic E-state index is 8.96. The molecule has 1 N–H and O–H groups in total. The predicted molar refractivity (Wildman–Crippen MR) is 76.4 cm³/mol. The van der Waals surface area contributed by atoms with Crippen LogP contribution in [-0.2, 0) is 0 Å². The summed E-state index contributed by atoms with van der Waals surface area (Å²) < 4.78 is 0.977. The first kappa shape index (κ1) is 12.1. The summed E-state index contributed by atoms with van der Waals surface area (Å²) in [5.41, 5.74) is 1.39. The van der Waals surface area contributed by atoms with E-state index in [-0.39, 0.29) is 0 Å². The summed E-state index contributed by atoms with van der Waals surface area (Å²) in [5.74, 6) is 0.551. The van der Waals surface area contributed by atoms with E-state index in [1.54, 1.807) is 24.4 Å². The number of benzene rings is 1. The zero-order chi connectivity index (χ0) is 12.3. The standard InChI is InChI=1S/C12H7ClIN3/c13-9-3-4-11(10(14)6-9)17-12-8(7-15)2-1-5-16-12/h1-6H,(H,16,17). The number of hydrogen-bond acceptors (Lipinski definition) is 3. The summed E-state index contributed by atoms with van der Waals surface area (Å²) in [7, 11) is 0. The second kappa shape index (κ2) is 5.34. The van der Waals surface area contributed by atoms with Crippen LogP contribution < -0.4 is 5.32 Å². The zero-order valence-electron chi connectivity index (χ0n) is 8.61. The van der Waals surface area contributed by atoms with E-state index in [9.17, 15) is 0 Å². The highest BCUT2D eigenvalue weighted by Crippen LogP contribution is 2.25. The van der Waals surface area contributed by atoms with Gasteiger partial charge in [-0.3, -0.25) is 0 Å². The number of hydrogen-bond donors (Lipinski definition) is 1. The van der Waals surface area contributed by atoms with Crippen LogP contribution in [-0.4, -0.2) is 4.98 Å². The Kier molecular flexibility index (Phi) is 3.82. The van der Waals surface area contributed by atoms with Crippen LogP contribution in [0, 0.1) is 14.9 Å². The summed E-state index contributed by atoms with van der Waals surface area (Å²) in [4.78, 5) is 4.14. The van der Waals surface area contributed by atoms with E-state index >= 15 is 0 Å². The summed E-state index contributed by atoms with van der Waals surface area (Å²) in [5, 5.41) is 12.8. The number of nitriles is 1. The molecule has 0 saturated carbocycles. The van der Waals surface area contributed by atoms with Crippen molar-refractivity contribution >= 4 is 45.7 Å². The molecule has 1 heterocycles. The molecular weight excluding hydrogens is 349 g/mol. The fourth-order valence-electron chi connectivity index (χ4n) is 1.31. The molecule has 0 aliphatic carbocycles. The van der Waals surface area contributed by atoms with Crippen LogP contribution in [0.25, 0.3) is 0 Å². The van der Waals surface area contributed by atoms with Gasteiger partial charge >= 0.3 is 0 Å². The Hall–Kier alpha value is -1.32. The molecule has 0 atom stereocenters. The lowest BCUT2D eigenvalue weighted by atomic mass is 10.2. The number of halogens is 2. The molecule has 17 heavy (non-hydrogen) atoms. The fraction of sp³-hybridized carbons (Fsp3) is 0. The molecule has 0 aliphatic heterocycles. The average molecular weight is 356 g/mol. The molecular formula is C12H7ClIN3. The topological polar surface area (TPSA) is 48.7 Å². The van der Waals surface area contributed by atoms with Crippen molar-refractivity contribution in [3.8, 4) is 6.07 Å². The number of rotatable bonds is 2. The molecule has 0 radical (unpaired) electrons. The highest BCUT2D eigenvalue weighted by molar-refractivity contribution is 14.1. The number of nitrogens with one attached hydrogen (secondary N) is 1. The number of pyridine rings is 1. The Morgan fingerprint density at radius 1 is 1.35 bits per heavy atom.